The van der Waals surface area contributed by atoms with Crippen LogP contribution >= 0.6 is 11.9 Å². The van der Waals surface area contributed by atoms with Gasteiger partial charge < -0.3 is 0 Å². The maximum Gasteiger partial charge on any atom is 0.245 e. The first-order valence-corrected chi connectivity index (χ1v) is 4.47. The van der Waals surface area contributed by atoms with Crippen molar-refractivity contribution in [3.8, 4) is 0 Å². The van der Waals surface area contributed by atoms with Crippen molar-refractivity contribution in [3.05, 3.63) is 34.7 Å². The van der Waals surface area contributed by atoms with E-state index in [1.54, 1.807) is 16.4 Å². The Hall–Kier alpha value is -1.27. The molecule has 70 valence electrons. The maximum atomic E-state index is 10.7. The highest BCUT2D eigenvalue weighted by molar-refractivity contribution is 7.98. The number of nitrogens with zero attached hydrogens (tertiary/aromatic N) is 1. The third-order valence-electron chi connectivity index (χ3n) is 1.28. The Morgan fingerprint density at radius 2 is 2.15 bits per heavy atom. The largest absolute Gasteiger partial charge is 0.298 e. The van der Waals surface area contributed by atoms with Gasteiger partial charge in [-0.05, 0) is 11.9 Å². The normalized spacial score (nSPS) is 9.62. The Morgan fingerprint density at radius 3 is 2.69 bits per heavy atom. The van der Waals surface area contributed by atoms with E-state index in [0.717, 1.165) is 0 Å². The van der Waals surface area contributed by atoms with E-state index in [4.69, 9.17) is 5.84 Å². The zero-order chi connectivity index (χ0) is 9.68. The average molecular weight is 199 g/mol. The van der Waals surface area contributed by atoms with Gasteiger partial charge in [0.05, 0.1) is 5.75 Å². The highest BCUT2D eigenvalue weighted by atomic mass is 32.2. The molecule has 0 atom stereocenters. The lowest BCUT2D eigenvalue weighted by Gasteiger charge is -2.02. The van der Waals surface area contributed by atoms with E-state index in [0.29, 0.717) is 0 Å². The average Bonchev–Trinajstić information content (AvgIpc) is 2.16. The number of amides is 1. The first kappa shape index (κ1) is 9.82. The first-order valence-electron chi connectivity index (χ1n) is 3.53. The number of nitrogens with two attached hydrogens (primary N) is 1. The molecule has 0 aliphatic carbocycles. The minimum absolute atomic E-state index is 0.0554. The van der Waals surface area contributed by atoms with Gasteiger partial charge in [-0.2, -0.15) is 0 Å². The summed E-state index contributed by atoms with van der Waals surface area (Å²) in [5.41, 5.74) is 1.96. The number of aromatic nitrogens is 1. The molecule has 13 heavy (non-hydrogen) atoms. The summed E-state index contributed by atoms with van der Waals surface area (Å²) in [6.45, 7) is 0. The lowest BCUT2D eigenvalue weighted by Crippen LogP contribution is -2.31. The van der Waals surface area contributed by atoms with Gasteiger partial charge in [0.2, 0.25) is 5.91 Å². The summed E-state index contributed by atoms with van der Waals surface area (Å²) in [6.07, 6.45) is 3.19. The molecule has 0 fully saturated rings. The minimum Gasteiger partial charge on any atom is -0.298 e. The monoisotopic (exact) mass is 199 g/mol. The van der Waals surface area contributed by atoms with Crippen LogP contribution in [0, 0.1) is 0 Å². The van der Waals surface area contributed by atoms with E-state index in [-0.39, 0.29) is 17.1 Å². The molecule has 1 heterocycles. The van der Waals surface area contributed by atoms with Crippen molar-refractivity contribution in [3.63, 3.8) is 0 Å². The summed E-state index contributed by atoms with van der Waals surface area (Å²) in [6, 6.07) is 2.85. The van der Waals surface area contributed by atoms with Crippen LogP contribution in [-0.4, -0.2) is 15.6 Å². The first-order chi connectivity index (χ1) is 6.22. The zero-order valence-electron chi connectivity index (χ0n) is 6.77. The van der Waals surface area contributed by atoms with Crippen molar-refractivity contribution in [1.29, 1.82) is 0 Å². The Morgan fingerprint density at radius 1 is 1.54 bits per heavy atom. The topological polar surface area (TPSA) is 77.1 Å². The van der Waals surface area contributed by atoms with Gasteiger partial charge in [-0.25, -0.2) is 5.84 Å². The summed E-state index contributed by atoms with van der Waals surface area (Å²) in [7, 11) is 0. The van der Waals surface area contributed by atoms with E-state index in [2.05, 4.69) is 0 Å². The van der Waals surface area contributed by atoms with Crippen molar-refractivity contribution in [2.75, 3.05) is 5.75 Å². The molecule has 6 heteroatoms. The molecule has 0 aliphatic rings. The molecule has 0 aromatic carbocycles. The van der Waals surface area contributed by atoms with Crippen LogP contribution in [0.5, 0.6) is 0 Å². The standard InChI is InChI=1S/C7H9N3O2S/c8-9-7(12)5-13-10-3-1-6(11)2-4-10/h1-4H,5,8H2,(H,9,12). The highest BCUT2D eigenvalue weighted by Crippen LogP contribution is 2.02. The molecule has 0 saturated carbocycles. The number of carbonyl (C=O) groups is 1. The number of nitrogens with one attached hydrogen (secondary N) is 1. The Bertz CT molecular complexity index is 329. The lowest BCUT2D eigenvalue weighted by molar-refractivity contribution is -0.118. The van der Waals surface area contributed by atoms with Gasteiger partial charge in [0.25, 0.3) is 0 Å². The summed E-state index contributed by atoms with van der Waals surface area (Å²) in [5.74, 6) is 4.85. The second-order valence-electron chi connectivity index (χ2n) is 2.23. The van der Waals surface area contributed by atoms with Crippen molar-refractivity contribution >= 4 is 17.9 Å². The van der Waals surface area contributed by atoms with Crippen molar-refractivity contribution in [1.82, 2.24) is 9.40 Å². The van der Waals surface area contributed by atoms with Crippen LogP contribution < -0.4 is 16.7 Å². The van der Waals surface area contributed by atoms with Gasteiger partial charge in [-0.3, -0.25) is 19.0 Å². The van der Waals surface area contributed by atoms with Crippen LogP contribution in [0.2, 0.25) is 0 Å². The van der Waals surface area contributed by atoms with Crippen molar-refractivity contribution < 1.29 is 4.79 Å². The smallest absolute Gasteiger partial charge is 0.245 e. The number of hydrogen-bond donors (Lipinski definition) is 2. The third-order valence-corrected chi connectivity index (χ3v) is 2.21. The van der Waals surface area contributed by atoms with Crippen LogP contribution in [-0.2, 0) is 4.79 Å². The van der Waals surface area contributed by atoms with E-state index >= 15 is 0 Å². The molecule has 0 bridgehead atoms. The van der Waals surface area contributed by atoms with Crippen LogP contribution in [0.15, 0.2) is 29.3 Å². The van der Waals surface area contributed by atoms with Crippen LogP contribution in [0.1, 0.15) is 0 Å². The summed E-state index contributed by atoms with van der Waals surface area (Å²) in [5, 5.41) is 0. The molecular weight excluding hydrogens is 190 g/mol. The van der Waals surface area contributed by atoms with Gasteiger partial charge >= 0.3 is 0 Å². The van der Waals surface area contributed by atoms with E-state index in [1.165, 1.54) is 24.1 Å². The van der Waals surface area contributed by atoms with Gasteiger partial charge in [0.15, 0.2) is 5.43 Å². The second kappa shape index (κ2) is 4.68. The van der Waals surface area contributed by atoms with Crippen LogP contribution in [0.25, 0.3) is 0 Å². The maximum absolute atomic E-state index is 10.7. The van der Waals surface area contributed by atoms with Crippen molar-refractivity contribution in [2.45, 2.75) is 0 Å². The molecule has 0 saturated heterocycles. The third kappa shape index (κ3) is 3.30. The van der Waals surface area contributed by atoms with Crippen LogP contribution in [0.4, 0.5) is 0 Å². The van der Waals surface area contributed by atoms with Gasteiger partial charge in [0, 0.05) is 24.5 Å². The summed E-state index contributed by atoms with van der Waals surface area (Å²) in [4.78, 5) is 21.4. The van der Waals surface area contributed by atoms with E-state index in [9.17, 15) is 9.59 Å². The fraction of sp³-hybridized carbons (Fsp3) is 0.143. The van der Waals surface area contributed by atoms with Crippen molar-refractivity contribution in [2.24, 2.45) is 5.84 Å². The van der Waals surface area contributed by atoms with Crippen LogP contribution in [0.3, 0.4) is 0 Å². The SMILES string of the molecule is NNC(=O)CSn1ccc(=O)cc1. The van der Waals surface area contributed by atoms with E-state index < -0.39 is 0 Å². The Balaban J connectivity index is 2.50. The molecule has 1 aromatic rings. The number of hydrogen-bond acceptors (Lipinski definition) is 4. The fourth-order valence-electron chi connectivity index (χ4n) is 0.660. The number of carbonyl (C=O) groups excluding carboxylic acids is 1. The predicted octanol–water partition coefficient (Wildman–Crippen LogP) is -0.666. The fourth-order valence-corrected chi connectivity index (χ4v) is 1.30. The number of pyridine rings is 1. The number of hydrazine groups is 1. The summed E-state index contributed by atoms with van der Waals surface area (Å²) < 4.78 is 1.66. The van der Waals surface area contributed by atoms with Gasteiger partial charge in [-0.1, -0.05) is 0 Å². The second-order valence-corrected chi connectivity index (χ2v) is 3.20. The molecular formula is C7H9N3O2S. The molecule has 0 unspecified atom stereocenters. The highest BCUT2D eigenvalue weighted by Gasteiger charge is 1.97. The zero-order valence-corrected chi connectivity index (χ0v) is 7.58. The quantitative estimate of drug-likeness (QED) is 0.384. The molecule has 0 radical (unpaired) electrons. The number of rotatable bonds is 3. The molecule has 1 aromatic heterocycles. The predicted molar refractivity (Wildman–Crippen MR) is 50.9 cm³/mol. The Labute approximate surface area is 79.0 Å². The molecule has 1 amide bonds. The van der Waals surface area contributed by atoms with Gasteiger partial charge in [0.1, 0.15) is 0 Å². The Kier molecular flexibility index (Phi) is 3.53. The molecule has 0 aliphatic heterocycles. The van der Waals surface area contributed by atoms with E-state index in [1.807, 2.05) is 5.43 Å². The molecule has 5 nitrogen and oxygen atoms in total. The van der Waals surface area contributed by atoms with Gasteiger partial charge in [-0.15, -0.1) is 0 Å². The molecule has 1 rings (SSSR count). The lowest BCUT2D eigenvalue weighted by atomic mass is 10.5. The minimum atomic E-state index is -0.260. The molecule has 3 N–H and O–H groups in total. The molecule has 0 spiro atoms. The summed E-state index contributed by atoms with van der Waals surface area (Å²) >= 11 is 1.25.